The van der Waals surface area contributed by atoms with Crippen LogP contribution in [0.4, 0.5) is 11.6 Å². The minimum atomic E-state index is 0.291. The Labute approximate surface area is 156 Å². The molecule has 0 fully saturated rings. The molecular weight excluding hydrogens is 348 g/mol. The van der Waals surface area contributed by atoms with E-state index < -0.39 is 0 Å². The van der Waals surface area contributed by atoms with E-state index in [1.807, 2.05) is 30.3 Å². The van der Waals surface area contributed by atoms with E-state index >= 15 is 0 Å². The lowest BCUT2D eigenvalue weighted by Gasteiger charge is -2.12. The molecule has 0 atom stereocenters. The zero-order chi connectivity index (χ0) is 17.9. The van der Waals surface area contributed by atoms with Crippen LogP contribution in [0, 0.1) is 0 Å². The minimum absolute atomic E-state index is 0.291. The van der Waals surface area contributed by atoms with Gasteiger partial charge in [-0.3, -0.25) is 0 Å². The predicted octanol–water partition coefficient (Wildman–Crippen LogP) is 4.69. The summed E-state index contributed by atoms with van der Waals surface area (Å²) in [7, 11) is 0. The lowest BCUT2D eigenvalue weighted by atomic mass is 10.0. The molecule has 0 bridgehead atoms. The number of anilines is 2. The monoisotopic (exact) mass is 368 g/mol. The Balaban J connectivity index is 1.41. The smallest absolute Gasteiger partial charge is 0.231 e. The van der Waals surface area contributed by atoms with Gasteiger partial charge in [0.15, 0.2) is 11.5 Å². The molecule has 0 radical (unpaired) electrons. The van der Waals surface area contributed by atoms with Gasteiger partial charge in [-0.05, 0) is 35.2 Å². The van der Waals surface area contributed by atoms with Crippen LogP contribution >= 0.6 is 11.8 Å². The van der Waals surface area contributed by atoms with Gasteiger partial charge in [-0.1, -0.05) is 49.9 Å². The molecular formula is C19H20N4O2S. The molecule has 2 aromatic carbocycles. The Kier molecular flexibility index (Phi) is 4.71. The number of nitrogens with one attached hydrogen (secondary N) is 2. The first-order chi connectivity index (χ1) is 12.7. The first-order valence-corrected chi connectivity index (χ1v) is 9.47. The van der Waals surface area contributed by atoms with Crippen molar-refractivity contribution in [3.05, 3.63) is 53.6 Å². The van der Waals surface area contributed by atoms with E-state index in [1.165, 1.54) is 5.56 Å². The summed E-state index contributed by atoms with van der Waals surface area (Å²) in [6.45, 7) is 4.64. The molecule has 134 valence electrons. The maximum Gasteiger partial charge on any atom is 0.231 e. The Morgan fingerprint density at radius 1 is 1.15 bits per heavy atom. The second-order valence-corrected chi connectivity index (χ2v) is 7.25. The largest absolute Gasteiger partial charge is 0.454 e. The molecule has 3 aromatic rings. The Hall–Kier alpha value is -2.67. The van der Waals surface area contributed by atoms with Gasteiger partial charge in [0.25, 0.3) is 0 Å². The molecule has 0 aliphatic carbocycles. The molecule has 6 nitrogen and oxygen atoms in total. The summed E-state index contributed by atoms with van der Waals surface area (Å²) in [6, 6.07) is 14.2. The van der Waals surface area contributed by atoms with Gasteiger partial charge in [0.1, 0.15) is 0 Å². The van der Waals surface area contributed by atoms with E-state index in [0.29, 0.717) is 23.8 Å². The van der Waals surface area contributed by atoms with Crippen molar-refractivity contribution in [2.24, 2.45) is 0 Å². The lowest BCUT2D eigenvalue weighted by molar-refractivity contribution is 0.174. The third-order valence-electron chi connectivity index (χ3n) is 4.11. The van der Waals surface area contributed by atoms with E-state index in [1.54, 1.807) is 11.8 Å². The highest BCUT2D eigenvalue weighted by Gasteiger charge is 2.14. The number of para-hydroxylation sites is 1. The van der Waals surface area contributed by atoms with Crippen LogP contribution in [0.5, 0.6) is 11.5 Å². The number of fused-ring (bicyclic) bond motifs is 1. The fraction of sp³-hybridized carbons (Fsp3) is 0.263. The van der Waals surface area contributed by atoms with Gasteiger partial charge >= 0.3 is 0 Å². The fourth-order valence-electron chi connectivity index (χ4n) is 2.79. The standard InChI is InChI=1S/C19H20N4O2S/c1-12(2)14-5-3-4-6-15(14)20-18-21-19(23-22-18)26-10-13-7-8-16-17(9-13)25-11-24-16/h3-9,12H,10-11H2,1-2H3,(H2,20,21,22,23). The summed E-state index contributed by atoms with van der Waals surface area (Å²) in [4.78, 5) is 4.52. The number of ether oxygens (including phenoxy) is 2. The average molecular weight is 368 g/mol. The Bertz CT molecular complexity index is 910. The van der Waals surface area contributed by atoms with Gasteiger partial charge in [0.05, 0.1) is 0 Å². The molecule has 0 unspecified atom stereocenters. The molecule has 0 amide bonds. The zero-order valence-electron chi connectivity index (χ0n) is 14.7. The number of benzene rings is 2. The highest BCUT2D eigenvalue weighted by atomic mass is 32.2. The van der Waals surface area contributed by atoms with Crippen molar-refractivity contribution in [1.82, 2.24) is 15.2 Å². The molecule has 2 heterocycles. The van der Waals surface area contributed by atoms with E-state index in [2.05, 4.69) is 46.5 Å². The van der Waals surface area contributed by atoms with Crippen LogP contribution in [-0.2, 0) is 5.75 Å². The number of aromatic nitrogens is 3. The van der Waals surface area contributed by atoms with Crippen molar-refractivity contribution >= 4 is 23.4 Å². The van der Waals surface area contributed by atoms with Crippen LogP contribution < -0.4 is 14.8 Å². The highest BCUT2D eigenvalue weighted by Crippen LogP contribution is 2.34. The molecule has 0 saturated heterocycles. The Morgan fingerprint density at radius 2 is 2.00 bits per heavy atom. The van der Waals surface area contributed by atoms with Gasteiger partial charge in [-0.25, -0.2) is 5.10 Å². The number of nitrogens with zero attached hydrogens (tertiary/aromatic N) is 2. The fourth-order valence-corrected chi connectivity index (χ4v) is 3.53. The quantitative estimate of drug-likeness (QED) is 0.615. The van der Waals surface area contributed by atoms with Gasteiger partial charge < -0.3 is 14.8 Å². The summed E-state index contributed by atoms with van der Waals surface area (Å²) in [5, 5.41) is 11.3. The SMILES string of the molecule is CC(C)c1ccccc1Nc1nc(SCc2ccc3c(c2)OCO3)n[nH]1. The van der Waals surface area contributed by atoms with Gasteiger partial charge in [0.2, 0.25) is 17.9 Å². The third kappa shape index (κ3) is 3.62. The van der Waals surface area contributed by atoms with Crippen molar-refractivity contribution < 1.29 is 9.47 Å². The normalized spacial score (nSPS) is 12.6. The van der Waals surface area contributed by atoms with Crippen LogP contribution in [0.15, 0.2) is 47.6 Å². The molecule has 1 aliphatic heterocycles. The molecule has 26 heavy (non-hydrogen) atoms. The number of thioether (sulfide) groups is 1. The maximum atomic E-state index is 5.41. The highest BCUT2D eigenvalue weighted by molar-refractivity contribution is 7.98. The van der Waals surface area contributed by atoms with Crippen LogP contribution in [0.1, 0.15) is 30.9 Å². The number of aromatic amines is 1. The van der Waals surface area contributed by atoms with Gasteiger partial charge in [-0.15, -0.1) is 5.10 Å². The molecule has 1 aromatic heterocycles. The van der Waals surface area contributed by atoms with Crippen molar-refractivity contribution in [3.63, 3.8) is 0 Å². The van der Waals surface area contributed by atoms with E-state index in [0.717, 1.165) is 28.5 Å². The number of hydrogen-bond acceptors (Lipinski definition) is 6. The van der Waals surface area contributed by atoms with Crippen molar-refractivity contribution in [2.45, 2.75) is 30.7 Å². The summed E-state index contributed by atoms with van der Waals surface area (Å²) in [6.07, 6.45) is 0. The maximum absolute atomic E-state index is 5.41. The minimum Gasteiger partial charge on any atom is -0.454 e. The molecule has 4 rings (SSSR count). The van der Waals surface area contributed by atoms with E-state index in [4.69, 9.17) is 9.47 Å². The van der Waals surface area contributed by atoms with Crippen LogP contribution in [0.3, 0.4) is 0 Å². The predicted molar refractivity (Wildman–Crippen MR) is 102 cm³/mol. The summed E-state index contributed by atoms with van der Waals surface area (Å²) < 4.78 is 10.7. The van der Waals surface area contributed by atoms with Crippen molar-refractivity contribution in [3.8, 4) is 11.5 Å². The summed E-state index contributed by atoms with van der Waals surface area (Å²) >= 11 is 1.57. The zero-order valence-corrected chi connectivity index (χ0v) is 15.5. The second-order valence-electron chi connectivity index (χ2n) is 6.31. The topological polar surface area (TPSA) is 72.1 Å². The van der Waals surface area contributed by atoms with Gasteiger partial charge in [0, 0.05) is 11.4 Å². The number of hydrogen-bond donors (Lipinski definition) is 2. The molecule has 2 N–H and O–H groups in total. The van der Waals surface area contributed by atoms with E-state index in [9.17, 15) is 0 Å². The van der Waals surface area contributed by atoms with Gasteiger partial charge in [-0.2, -0.15) is 4.98 Å². The molecule has 0 saturated carbocycles. The number of H-pyrrole nitrogens is 1. The first-order valence-electron chi connectivity index (χ1n) is 8.49. The Morgan fingerprint density at radius 3 is 2.88 bits per heavy atom. The van der Waals surface area contributed by atoms with Crippen LogP contribution in [-0.4, -0.2) is 22.0 Å². The lowest BCUT2D eigenvalue weighted by Crippen LogP contribution is -1.98. The third-order valence-corrected chi connectivity index (χ3v) is 5.02. The number of rotatable bonds is 6. The first kappa shape index (κ1) is 16.8. The molecule has 7 heteroatoms. The summed E-state index contributed by atoms with van der Waals surface area (Å²) in [5.41, 5.74) is 3.44. The molecule has 0 spiro atoms. The summed E-state index contributed by atoms with van der Waals surface area (Å²) in [5.74, 6) is 3.43. The second kappa shape index (κ2) is 7.29. The average Bonchev–Trinajstić information content (AvgIpc) is 3.29. The van der Waals surface area contributed by atoms with E-state index in [-0.39, 0.29) is 0 Å². The molecule has 1 aliphatic rings. The van der Waals surface area contributed by atoms with Crippen molar-refractivity contribution in [1.29, 1.82) is 0 Å². The van der Waals surface area contributed by atoms with Crippen LogP contribution in [0.25, 0.3) is 0 Å². The van der Waals surface area contributed by atoms with Crippen molar-refractivity contribution in [2.75, 3.05) is 12.1 Å². The van der Waals surface area contributed by atoms with Crippen LogP contribution in [0.2, 0.25) is 0 Å².